The van der Waals surface area contributed by atoms with E-state index in [1.807, 2.05) is 12.1 Å². The van der Waals surface area contributed by atoms with Gasteiger partial charge in [0.25, 0.3) is 0 Å². The Kier molecular flexibility index (Phi) is 3.40. The van der Waals surface area contributed by atoms with Crippen molar-refractivity contribution in [2.24, 2.45) is 5.84 Å². The molecule has 1 aromatic carbocycles. The number of nitrogens with two attached hydrogens (primary N) is 2. The second kappa shape index (κ2) is 4.98. The lowest BCUT2D eigenvalue weighted by Gasteiger charge is -2.09. The lowest BCUT2D eigenvalue weighted by molar-refractivity contribution is 0.464. The predicted octanol–water partition coefficient (Wildman–Crippen LogP) is 1.90. The van der Waals surface area contributed by atoms with Gasteiger partial charge in [0.15, 0.2) is 5.82 Å². The van der Waals surface area contributed by atoms with Crippen LogP contribution in [-0.2, 0) is 0 Å². The molecule has 1 aromatic heterocycles. The van der Waals surface area contributed by atoms with Crippen molar-refractivity contribution < 1.29 is 4.74 Å². The Hall–Kier alpha value is -1.86. The second-order valence-corrected chi connectivity index (χ2v) is 4.06. The smallest absolute Gasteiger partial charge is 0.248 e. The number of nitrogens with zero attached hydrogens (tertiary/aromatic N) is 2. The lowest BCUT2D eigenvalue weighted by Crippen LogP contribution is -2.12. The summed E-state index contributed by atoms with van der Waals surface area (Å²) in [6.07, 6.45) is 1.32. The molecule has 0 bridgehead atoms. The van der Waals surface area contributed by atoms with Gasteiger partial charge in [-0.05, 0) is 24.3 Å². The number of hydrogen-bond donors (Lipinski definition) is 3. The number of rotatable bonds is 3. The average Bonchev–Trinajstić information content (AvgIpc) is 2.35. The van der Waals surface area contributed by atoms with Crippen LogP contribution in [0.3, 0.4) is 0 Å². The first-order valence-corrected chi connectivity index (χ1v) is 5.50. The maximum atomic E-state index is 5.77. The van der Waals surface area contributed by atoms with E-state index in [-0.39, 0.29) is 11.6 Å². The van der Waals surface area contributed by atoms with E-state index in [0.717, 1.165) is 4.47 Å². The first kappa shape index (κ1) is 11.6. The van der Waals surface area contributed by atoms with Crippen molar-refractivity contribution in [2.75, 3.05) is 11.2 Å². The minimum Gasteiger partial charge on any atom is -0.437 e. The van der Waals surface area contributed by atoms with Gasteiger partial charge in [0.1, 0.15) is 17.8 Å². The van der Waals surface area contributed by atoms with E-state index in [0.29, 0.717) is 11.6 Å². The molecule has 5 N–H and O–H groups in total. The fourth-order valence-electron chi connectivity index (χ4n) is 1.19. The second-order valence-electron chi connectivity index (χ2n) is 3.14. The molecule has 0 fully saturated rings. The van der Waals surface area contributed by atoms with Crippen LogP contribution in [0.25, 0.3) is 0 Å². The highest BCUT2D eigenvalue weighted by Gasteiger charge is 2.08. The molecule has 0 unspecified atom stereocenters. The van der Waals surface area contributed by atoms with Crippen LogP contribution in [0.4, 0.5) is 11.5 Å². The Morgan fingerprint density at radius 1 is 1.18 bits per heavy atom. The van der Waals surface area contributed by atoms with E-state index >= 15 is 0 Å². The van der Waals surface area contributed by atoms with Crippen molar-refractivity contribution in [3.63, 3.8) is 0 Å². The van der Waals surface area contributed by atoms with Gasteiger partial charge in [-0.1, -0.05) is 15.9 Å². The molecule has 7 heteroatoms. The van der Waals surface area contributed by atoms with Gasteiger partial charge >= 0.3 is 0 Å². The molecule has 88 valence electrons. The number of halogens is 1. The zero-order valence-electron chi connectivity index (χ0n) is 8.72. The highest BCUT2D eigenvalue weighted by molar-refractivity contribution is 9.10. The molecule has 0 saturated heterocycles. The van der Waals surface area contributed by atoms with E-state index in [2.05, 4.69) is 31.3 Å². The Morgan fingerprint density at radius 2 is 1.88 bits per heavy atom. The minimum atomic E-state index is 0.260. The van der Waals surface area contributed by atoms with Crippen LogP contribution in [0.2, 0.25) is 0 Å². The van der Waals surface area contributed by atoms with E-state index in [4.69, 9.17) is 16.3 Å². The zero-order valence-corrected chi connectivity index (χ0v) is 10.3. The standard InChI is InChI=1S/C10H10BrN5O/c11-6-1-3-7(4-2-6)17-10-8(12)9(16-13)14-5-15-10/h1-5H,12-13H2,(H,14,15,16). The van der Waals surface area contributed by atoms with Gasteiger partial charge in [0.2, 0.25) is 5.88 Å². The van der Waals surface area contributed by atoms with E-state index < -0.39 is 0 Å². The summed E-state index contributed by atoms with van der Waals surface area (Å²) in [5.41, 5.74) is 8.40. The Morgan fingerprint density at radius 3 is 2.53 bits per heavy atom. The molecule has 0 aliphatic heterocycles. The summed E-state index contributed by atoms with van der Waals surface area (Å²) < 4.78 is 6.48. The molecular weight excluding hydrogens is 286 g/mol. The van der Waals surface area contributed by atoms with Crippen molar-refractivity contribution in [3.05, 3.63) is 35.1 Å². The number of nitrogens with one attached hydrogen (secondary N) is 1. The monoisotopic (exact) mass is 295 g/mol. The number of anilines is 2. The van der Waals surface area contributed by atoms with Gasteiger partial charge < -0.3 is 15.9 Å². The summed E-state index contributed by atoms with van der Waals surface area (Å²) in [7, 11) is 0. The maximum absolute atomic E-state index is 5.77. The quantitative estimate of drug-likeness (QED) is 0.591. The van der Waals surface area contributed by atoms with Crippen LogP contribution in [0.15, 0.2) is 35.1 Å². The van der Waals surface area contributed by atoms with Gasteiger partial charge in [0.05, 0.1) is 0 Å². The highest BCUT2D eigenvalue weighted by atomic mass is 79.9. The number of aromatic nitrogens is 2. The van der Waals surface area contributed by atoms with Gasteiger partial charge in [0, 0.05) is 4.47 Å². The number of nitrogen functional groups attached to an aromatic ring is 2. The molecule has 1 heterocycles. The molecule has 2 aromatic rings. The summed E-state index contributed by atoms with van der Waals surface area (Å²) >= 11 is 3.34. The average molecular weight is 296 g/mol. The third kappa shape index (κ3) is 2.63. The van der Waals surface area contributed by atoms with Crippen LogP contribution in [0.1, 0.15) is 0 Å². The topological polar surface area (TPSA) is 99.1 Å². The van der Waals surface area contributed by atoms with Gasteiger partial charge in [-0.25, -0.2) is 10.8 Å². The fraction of sp³-hybridized carbons (Fsp3) is 0. The molecule has 0 amide bonds. The molecule has 0 aliphatic carbocycles. The van der Waals surface area contributed by atoms with E-state index in [9.17, 15) is 0 Å². The Balaban J connectivity index is 2.27. The zero-order chi connectivity index (χ0) is 12.3. The first-order chi connectivity index (χ1) is 8.20. The minimum absolute atomic E-state index is 0.260. The summed E-state index contributed by atoms with van der Waals surface area (Å²) in [4.78, 5) is 7.79. The van der Waals surface area contributed by atoms with Crippen LogP contribution in [-0.4, -0.2) is 9.97 Å². The van der Waals surface area contributed by atoms with Crippen LogP contribution >= 0.6 is 15.9 Å². The third-order valence-corrected chi connectivity index (χ3v) is 2.54. The maximum Gasteiger partial charge on any atom is 0.248 e. The molecular formula is C10H10BrN5O. The number of hydrogen-bond acceptors (Lipinski definition) is 6. The normalized spacial score (nSPS) is 10.0. The SMILES string of the molecule is NNc1ncnc(Oc2ccc(Br)cc2)c1N. The molecule has 0 atom stereocenters. The lowest BCUT2D eigenvalue weighted by atomic mass is 10.3. The fourth-order valence-corrected chi connectivity index (χ4v) is 1.45. The molecule has 17 heavy (non-hydrogen) atoms. The van der Waals surface area contributed by atoms with Crippen molar-refractivity contribution in [2.45, 2.75) is 0 Å². The summed E-state index contributed by atoms with van der Waals surface area (Å²) in [5.74, 6) is 6.46. The molecule has 0 spiro atoms. The van der Waals surface area contributed by atoms with Gasteiger partial charge in [-0.2, -0.15) is 4.98 Å². The van der Waals surface area contributed by atoms with Gasteiger partial charge in [-0.3, -0.25) is 0 Å². The predicted molar refractivity (Wildman–Crippen MR) is 68.5 cm³/mol. The molecule has 0 aliphatic rings. The molecule has 0 saturated carbocycles. The van der Waals surface area contributed by atoms with E-state index in [1.54, 1.807) is 12.1 Å². The Labute approximate surface area is 106 Å². The summed E-state index contributed by atoms with van der Waals surface area (Å²) in [6.45, 7) is 0. The highest BCUT2D eigenvalue weighted by Crippen LogP contribution is 2.29. The van der Waals surface area contributed by atoms with Crippen molar-refractivity contribution in [3.8, 4) is 11.6 Å². The molecule has 0 radical (unpaired) electrons. The van der Waals surface area contributed by atoms with Crippen molar-refractivity contribution >= 4 is 27.4 Å². The third-order valence-electron chi connectivity index (χ3n) is 2.01. The largest absolute Gasteiger partial charge is 0.437 e. The number of ether oxygens (including phenoxy) is 1. The van der Waals surface area contributed by atoms with Crippen molar-refractivity contribution in [1.29, 1.82) is 0 Å². The number of hydrazine groups is 1. The van der Waals surface area contributed by atoms with Crippen LogP contribution in [0, 0.1) is 0 Å². The van der Waals surface area contributed by atoms with Crippen LogP contribution < -0.4 is 21.7 Å². The molecule has 2 rings (SSSR count). The van der Waals surface area contributed by atoms with E-state index in [1.165, 1.54) is 6.33 Å². The molecule has 6 nitrogen and oxygen atoms in total. The van der Waals surface area contributed by atoms with Gasteiger partial charge in [-0.15, -0.1) is 0 Å². The first-order valence-electron chi connectivity index (χ1n) is 4.71. The summed E-state index contributed by atoms with van der Waals surface area (Å²) in [5, 5.41) is 0. The van der Waals surface area contributed by atoms with Crippen LogP contribution in [0.5, 0.6) is 11.6 Å². The number of benzene rings is 1. The van der Waals surface area contributed by atoms with Crippen molar-refractivity contribution in [1.82, 2.24) is 9.97 Å². The summed E-state index contributed by atoms with van der Waals surface area (Å²) in [6, 6.07) is 7.30. The Bertz CT molecular complexity index is 517.